The molecule has 0 unspecified atom stereocenters. The average molecular weight is 517 g/mol. The first-order valence-corrected chi connectivity index (χ1v) is 12.4. The molecule has 2 aliphatic rings. The Labute approximate surface area is 219 Å². The number of aromatic nitrogens is 4. The first kappa shape index (κ1) is 25.2. The van der Waals surface area contributed by atoms with Crippen LogP contribution < -0.4 is 16.0 Å². The molecular weight excluding hydrogens is 486 g/mol. The molecule has 1 atom stereocenters. The zero-order valence-electron chi connectivity index (χ0n) is 21.0. The standard InChI is InChI=1S/C26H29N9O3/c1-38-23(37)20-15-35(10-9-29-20)21-14-30-19(13-31-21)22(36)34-24(27)26(7-2-8-26)18-5-3-16(4-6-18)17-11-32-25(28)33-12-17/h3-6,11-14,20,29H,2,7-10,15H2,1H3,(H2,27,34,36)(H2,28,32,33)/p+1/t20-/m1/s1. The maximum Gasteiger partial charge on any atom is 0.386 e. The van der Waals surface area contributed by atoms with Gasteiger partial charge in [0.2, 0.25) is 5.95 Å². The van der Waals surface area contributed by atoms with Gasteiger partial charge in [-0.2, -0.15) is 0 Å². The maximum absolute atomic E-state index is 11.9. The van der Waals surface area contributed by atoms with Gasteiger partial charge in [0.15, 0.2) is 5.69 Å². The zero-order valence-corrected chi connectivity index (χ0v) is 21.0. The smallest absolute Gasteiger partial charge is 0.386 e. The second-order valence-corrected chi connectivity index (χ2v) is 9.39. The summed E-state index contributed by atoms with van der Waals surface area (Å²) in [6.07, 6.45) is 9.00. The lowest BCUT2D eigenvalue weighted by atomic mass is 9.63. The number of carbonyl (C=O) groups is 1. The van der Waals surface area contributed by atoms with Crippen LogP contribution in [0.3, 0.4) is 0 Å². The number of anilines is 2. The van der Waals surface area contributed by atoms with Crippen LogP contribution in [0.5, 0.6) is 0 Å². The predicted molar refractivity (Wildman–Crippen MR) is 143 cm³/mol. The van der Waals surface area contributed by atoms with Gasteiger partial charge in [-0.1, -0.05) is 30.7 Å². The molecule has 196 valence electrons. The van der Waals surface area contributed by atoms with Crippen LogP contribution in [0.2, 0.25) is 0 Å². The third-order valence-electron chi connectivity index (χ3n) is 7.19. The van der Waals surface area contributed by atoms with E-state index < -0.39 is 11.5 Å². The highest BCUT2D eigenvalue weighted by Crippen LogP contribution is 2.45. The second kappa shape index (κ2) is 10.5. The number of rotatable bonds is 6. The minimum Gasteiger partial charge on any atom is -0.577 e. The minimum atomic E-state index is -0.528. The number of ether oxygens (including phenoxy) is 1. The number of benzene rings is 1. The summed E-state index contributed by atoms with van der Waals surface area (Å²) in [4.78, 5) is 35.1. The Balaban J connectivity index is 1.30. The highest BCUT2D eigenvalue weighted by molar-refractivity contribution is 6.04. The van der Waals surface area contributed by atoms with Gasteiger partial charge in [0.25, 0.3) is 0 Å². The number of hydrogen-bond acceptors (Lipinski definition) is 10. The van der Waals surface area contributed by atoms with Crippen LogP contribution in [0.1, 0.15) is 30.5 Å². The summed E-state index contributed by atoms with van der Waals surface area (Å²) < 4.78 is 4.83. The normalized spacial score (nSPS) is 18.9. The number of nitrogens with zero attached hydrogens (tertiary/aromatic N) is 6. The van der Waals surface area contributed by atoms with Crippen LogP contribution in [0.25, 0.3) is 11.1 Å². The molecular formula is C26H30N9O3+. The molecule has 6 N–H and O–H groups in total. The summed E-state index contributed by atoms with van der Waals surface area (Å²) in [5.74, 6) is 0.549. The second-order valence-electron chi connectivity index (χ2n) is 9.39. The fourth-order valence-electron chi connectivity index (χ4n) is 4.80. The summed E-state index contributed by atoms with van der Waals surface area (Å²) in [6.45, 7) is 1.70. The van der Waals surface area contributed by atoms with E-state index in [1.165, 1.54) is 13.3 Å². The van der Waals surface area contributed by atoms with Gasteiger partial charge < -0.3 is 25.8 Å². The molecule has 12 heteroatoms. The molecule has 38 heavy (non-hydrogen) atoms. The van der Waals surface area contributed by atoms with Gasteiger partial charge in [0, 0.05) is 37.6 Å². The Kier molecular flexibility index (Phi) is 6.97. The number of esters is 1. The van der Waals surface area contributed by atoms with Crippen molar-refractivity contribution in [2.24, 2.45) is 4.99 Å². The molecule has 1 aliphatic carbocycles. The highest BCUT2D eigenvalue weighted by atomic mass is 16.5. The molecule has 3 aromatic rings. The van der Waals surface area contributed by atoms with Gasteiger partial charge in [-0.05, 0) is 24.0 Å². The maximum atomic E-state index is 11.9. The third-order valence-corrected chi connectivity index (χ3v) is 7.19. The molecule has 2 aromatic heterocycles. The molecule has 1 saturated heterocycles. The van der Waals surface area contributed by atoms with E-state index in [0.717, 1.165) is 36.0 Å². The Morgan fingerprint density at radius 2 is 1.87 bits per heavy atom. The molecule has 1 aliphatic heterocycles. The van der Waals surface area contributed by atoms with Crippen molar-refractivity contribution >= 4 is 29.5 Å². The predicted octanol–water partition coefficient (Wildman–Crippen LogP) is 1.04. The molecule has 3 heterocycles. The number of methoxy groups -OCH3 is 1. The van der Waals surface area contributed by atoms with Crippen molar-refractivity contribution in [1.29, 1.82) is 5.41 Å². The topological polar surface area (TPSA) is 178 Å². The van der Waals surface area contributed by atoms with E-state index in [1.54, 1.807) is 18.6 Å². The van der Waals surface area contributed by atoms with E-state index >= 15 is 0 Å². The van der Waals surface area contributed by atoms with Crippen molar-refractivity contribution in [2.45, 2.75) is 30.7 Å². The summed E-state index contributed by atoms with van der Waals surface area (Å²) in [6, 6.07) is 7.53. The lowest BCUT2D eigenvalue weighted by molar-refractivity contribution is -0.143. The molecule has 2 fully saturated rings. The van der Waals surface area contributed by atoms with Crippen LogP contribution in [-0.4, -0.2) is 75.5 Å². The number of carbonyl (C=O) groups excluding carboxylic acids is 1. The summed E-state index contributed by atoms with van der Waals surface area (Å²) in [7, 11) is 1.37. The van der Waals surface area contributed by atoms with Gasteiger partial charge >= 0.3 is 11.9 Å². The number of nitrogen functional groups attached to an aromatic ring is 1. The van der Waals surface area contributed by atoms with Gasteiger partial charge in [-0.15, -0.1) is 4.99 Å². The SMILES string of the molecule is COC(=O)[C@H]1CN(c2cnc(C([OH2+])=NC(=N)C3(c4ccc(-c5cnc(N)nc5)cc4)CCC3)cn2)CCN1. The van der Waals surface area contributed by atoms with Gasteiger partial charge in [0.1, 0.15) is 17.7 Å². The summed E-state index contributed by atoms with van der Waals surface area (Å²) >= 11 is 0. The molecule has 0 spiro atoms. The molecule has 12 nitrogen and oxygen atoms in total. The molecule has 1 saturated carbocycles. The number of nitrogens with one attached hydrogen (secondary N) is 2. The first-order chi connectivity index (χ1) is 18.4. The van der Waals surface area contributed by atoms with Crippen molar-refractivity contribution in [3.8, 4) is 11.1 Å². The number of aliphatic imine (C=N–C) groups is 1. The van der Waals surface area contributed by atoms with Gasteiger partial charge in [-0.25, -0.2) is 19.9 Å². The molecule has 5 rings (SSSR count). The third kappa shape index (κ3) is 4.90. The quantitative estimate of drug-likeness (QED) is 0.187. The van der Waals surface area contributed by atoms with Crippen molar-refractivity contribution in [3.63, 3.8) is 0 Å². The number of piperazine rings is 1. The first-order valence-electron chi connectivity index (χ1n) is 12.4. The van der Waals surface area contributed by atoms with E-state index in [-0.39, 0.29) is 29.3 Å². The average Bonchev–Trinajstić information content (AvgIpc) is 2.93. The van der Waals surface area contributed by atoms with Crippen LogP contribution in [0.15, 0.2) is 54.0 Å². The lowest BCUT2D eigenvalue weighted by Gasteiger charge is -2.41. The highest BCUT2D eigenvalue weighted by Gasteiger charge is 2.43. The number of nitrogens with two attached hydrogens (primary N) is 1. The Morgan fingerprint density at radius 3 is 2.47 bits per heavy atom. The van der Waals surface area contributed by atoms with Gasteiger partial charge in [0.05, 0.1) is 24.9 Å². The molecule has 0 amide bonds. The Morgan fingerprint density at radius 1 is 1.13 bits per heavy atom. The van der Waals surface area contributed by atoms with Crippen molar-refractivity contribution in [2.75, 3.05) is 37.4 Å². The van der Waals surface area contributed by atoms with Crippen molar-refractivity contribution < 1.29 is 14.6 Å². The lowest BCUT2D eigenvalue weighted by Crippen LogP contribution is -2.54. The Bertz CT molecular complexity index is 1340. The largest absolute Gasteiger partial charge is 0.577 e. The van der Waals surface area contributed by atoms with Crippen molar-refractivity contribution in [1.82, 2.24) is 25.3 Å². The van der Waals surface area contributed by atoms with E-state index in [9.17, 15) is 4.79 Å². The van der Waals surface area contributed by atoms with Crippen LogP contribution in [0, 0.1) is 5.41 Å². The van der Waals surface area contributed by atoms with Crippen LogP contribution >= 0.6 is 0 Å². The molecule has 0 bridgehead atoms. The van der Waals surface area contributed by atoms with E-state index in [4.69, 9.17) is 21.0 Å². The fourth-order valence-corrected chi connectivity index (χ4v) is 4.80. The number of amidine groups is 1. The van der Waals surface area contributed by atoms with Gasteiger partial charge in [-0.3, -0.25) is 10.2 Å². The van der Waals surface area contributed by atoms with E-state index in [0.29, 0.717) is 25.5 Å². The van der Waals surface area contributed by atoms with E-state index in [1.807, 2.05) is 29.2 Å². The summed E-state index contributed by atoms with van der Waals surface area (Å²) in [5.41, 5.74) is 8.15. The monoisotopic (exact) mass is 516 g/mol. The van der Waals surface area contributed by atoms with Crippen LogP contribution in [-0.2, 0) is 14.9 Å². The number of hydrogen-bond donors (Lipinski definition) is 3. The van der Waals surface area contributed by atoms with Crippen LogP contribution in [0.4, 0.5) is 11.8 Å². The fraction of sp³-hybridized carbons (Fsp3) is 0.346. The zero-order chi connectivity index (χ0) is 26.7. The minimum absolute atomic E-state index is 0.108. The van der Waals surface area contributed by atoms with E-state index in [2.05, 4.69) is 30.2 Å². The summed E-state index contributed by atoms with van der Waals surface area (Å²) in [5, 5.41) is 20.4. The molecule has 1 aromatic carbocycles. The molecule has 0 radical (unpaired) electrons. The van der Waals surface area contributed by atoms with Crippen molar-refractivity contribution in [3.05, 3.63) is 60.3 Å². The Hall–Kier alpha value is -4.45.